The number of aromatic nitrogens is 2. The molecular weight excluding hydrogens is 360 g/mol. The highest BCUT2D eigenvalue weighted by molar-refractivity contribution is 6.06. The van der Waals surface area contributed by atoms with Crippen molar-refractivity contribution in [3.8, 4) is 5.75 Å². The van der Waals surface area contributed by atoms with E-state index in [0.29, 0.717) is 23.5 Å². The van der Waals surface area contributed by atoms with Gasteiger partial charge in [-0.1, -0.05) is 13.0 Å². The van der Waals surface area contributed by atoms with E-state index in [1.807, 2.05) is 17.9 Å². The quantitative estimate of drug-likeness (QED) is 0.688. The number of carbonyl (C=O) groups excluding carboxylic acids is 1. The zero-order valence-electron chi connectivity index (χ0n) is 17.9. The summed E-state index contributed by atoms with van der Waals surface area (Å²) in [5, 5.41) is 4.35. The summed E-state index contributed by atoms with van der Waals surface area (Å²) in [5.74, 6) is 2.96. The monoisotopic (exact) mass is 390 g/mol. The van der Waals surface area contributed by atoms with E-state index in [1.165, 1.54) is 17.5 Å². The molecule has 2 saturated carbocycles. The van der Waals surface area contributed by atoms with Crippen LogP contribution in [0.5, 0.6) is 5.75 Å². The van der Waals surface area contributed by atoms with Crippen molar-refractivity contribution in [1.82, 2.24) is 9.78 Å². The summed E-state index contributed by atoms with van der Waals surface area (Å²) in [6.45, 7) is 4.30. The number of ketones is 1. The van der Waals surface area contributed by atoms with Gasteiger partial charge in [-0.25, -0.2) is 0 Å². The molecule has 29 heavy (non-hydrogen) atoms. The Morgan fingerprint density at radius 1 is 1.31 bits per heavy atom. The number of ether oxygens (including phenoxy) is 1. The molecule has 4 unspecified atom stereocenters. The molecule has 3 aliphatic carbocycles. The maximum absolute atomic E-state index is 13.5. The van der Waals surface area contributed by atoms with E-state index in [4.69, 9.17) is 4.74 Å². The summed E-state index contributed by atoms with van der Waals surface area (Å²) >= 11 is 0. The number of benzene rings is 1. The molecule has 1 heterocycles. The number of hydrogen-bond donors (Lipinski definition) is 0. The minimum atomic E-state index is -0.201. The highest BCUT2D eigenvalue weighted by Gasteiger charge is 2.56. The van der Waals surface area contributed by atoms with Crippen LogP contribution < -0.4 is 4.74 Å². The van der Waals surface area contributed by atoms with Crippen molar-refractivity contribution in [1.29, 1.82) is 0 Å². The van der Waals surface area contributed by atoms with Gasteiger partial charge in [-0.3, -0.25) is 9.48 Å². The van der Waals surface area contributed by atoms with E-state index in [2.05, 4.69) is 43.2 Å². The molecule has 2 fully saturated rings. The fourth-order valence-electron chi connectivity index (χ4n) is 6.33. The third kappa shape index (κ3) is 2.72. The second kappa shape index (κ2) is 6.58. The lowest BCUT2D eigenvalue weighted by Gasteiger charge is -2.48. The number of aryl methyl sites for hydroxylation is 2. The number of carbonyl (C=O) groups is 1. The molecule has 0 saturated heterocycles. The zero-order chi connectivity index (χ0) is 20.3. The van der Waals surface area contributed by atoms with Crippen molar-refractivity contribution in [3.05, 3.63) is 52.4 Å². The molecule has 1 aromatic carbocycles. The molecule has 0 aliphatic heterocycles. The van der Waals surface area contributed by atoms with Crippen molar-refractivity contribution in [2.75, 3.05) is 7.11 Å². The molecule has 2 aromatic rings. The normalized spacial score (nSPS) is 32.1. The van der Waals surface area contributed by atoms with Crippen molar-refractivity contribution >= 4 is 11.9 Å². The van der Waals surface area contributed by atoms with E-state index in [0.717, 1.165) is 48.3 Å². The molecule has 0 radical (unpaired) electrons. The predicted octanol–water partition coefficient (Wildman–Crippen LogP) is 4.86. The molecule has 4 heteroatoms. The Bertz CT molecular complexity index is 1020. The fourth-order valence-corrected chi connectivity index (χ4v) is 6.33. The third-order valence-corrected chi connectivity index (χ3v) is 8.18. The van der Waals surface area contributed by atoms with Gasteiger partial charge in [0, 0.05) is 23.7 Å². The van der Waals surface area contributed by atoms with E-state index in [1.54, 1.807) is 7.11 Å². The van der Waals surface area contributed by atoms with Gasteiger partial charge in [-0.2, -0.15) is 5.10 Å². The van der Waals surface area contributed by atoms with E-state index >= 15 is 0 Å². The maximum atomic E-state index is 13.5. The smallest absolute Gasteiger partial charge is 0.165 e. The molecule has 5 rings (SSSR count). The summed E-state index contributed by atoms with van der Waals surface area (Å²) in [6.07, 6.45) is 9.29. The van der Waals surface area contributed by atoms with Crippen LogP contribution in [0.15, 0.2) is 30.0 Å². The summed E-state index contributed by atoms with van der Waals surface area (Å²) in [6, 6.07) is 6.60. The van der Waals surface area contributed by atoms with Crippen LogP contribution in [0.25, 0.3) is 6.08 Å². The number of fused-ring (bicyclic) bond motifs is 5. The molecule has 1 aromatic heterocycles. The third-order valence-electron chi connectivity index (χ3n) is 8.18. The number of methoxy groups -OCH3 is 1. The Balaban J connectivity index is 1.48. The van der Waals surface area contributed by atoms with Gasteiger partial charge in [0.1, 0.15) is 5.75 Å². The largest absolute Gasteiger partial charge is 0.497 e. The van der Waals surface area contributed by atoms with Crippen LogP contribution in [0, 0.1) is 24.2 Å². The van der Waals surface area contributed by atoms with Gasteiger partial charge in [-0.15, -0.1) is 0 Å². The van der Waals surface area contributed by atoms with Crippen LogP contribution in [0.3, 0.4) is 0 Å². The number of Topliss-reactive ketones (excluding diaryl/α,β-unsaturated/α-hetero) is 1. The maximum Gasteiger partial charge on any atom is 0.165 e. The SMILES string of the molecule is COc1ccc2c(c1)CCC1C2CCC2(C)C(=O)C(=Cc3cnn(C)c3C)CC12. The predicted molar refractivity (Wildman–Crippen MR) is 114 cm³/mol. The lowest BCUT2D eigenvalue weighted by molar-refractivity contribution is -0.127. The van der Waals surface area contributed by atoms with Crippen molar-refractivity contribution in [2.24, 2.45) is 24.3 Å². The molecule has 0 amide bonds. The van der Waals surface area contributed by atoms with E-state index in [9.17, 15) is 4.79 Å². The first-order chi connectivity index (χ1) is 13.9. The van der Waals surface area contributed by atoms with Gasteiger partial charge in [-0.05, 0) is 91.7 Å². The second-order valence-electron chi connectivity index (χ2n) is 9.45. The van der Waals surface area contributed by atoms with Crippen LogP contribution in [0.1, 0.15) is 60.9 Å². The molecule has 3 aliphatic rings. The summed E-state index contributed by atoms with van der Waals surface area (Å²) in [5.41, 5.74) is 5.94. The highest BCUT2D eigenvalue weighted by Crippen LogP contribution is 2.60. The molecule has 4 atom stereocenters. The lowest BCUT2D eigenvalue weighted by Crippen LogP contribution is -2.42. The van der Waals surface area contributed by atoms with Crippen molar-refractivity contribution in [3.63, 3.8) is 0 Å². The van der Waals surface area contributed by atoms with Crippen molar-refractivity contribution < 1.29 is 9.53 Å². The minimum absolute atomic E-state index is 0.201. The number of rotatable bonds is 2. The molecule has 4 nitrogen and oxygen atoms in total. The molecule has 152 valence electrons. The average Bonchev–Trinajstić information content (AvgIpc) is 3.18. The fraction of sp³-hybridized carbons (Fsp3) is 0.520. The minimum Gasteiger partial charge on any atom is -0.497 e. The molecule has 0 spiro atoms. The summed E-state index contributed by atoms with van der Waals surface area (Å²) in [4.78, 5) is 13.5. The Morgan fingerprint density at radius 3 is 2.86 bits per heavy atom. The zero-order valence-corrected chi connectivity index (χ0v) is 17.9. The highest BCUT2D eigenvalue weighted by atomic mass is 16.5. The average molecular weight is 391 g/mol. The topological polar surface area (TPSA) is 44.1 Å². The number of allylic oxidation sites excluding steroid dienone is 1. The summed E-state index contributed by atoms with van der Waals surface area (Å²) < 4.78 is 7.32. The molecule has 0 N–H and O–H groups in total. The Hall–Kier alpha value is -2.36. The standard InChI is InChI=1S/C25H30N2O2/c1-15-18(14-26-27(15)3)11-17-13-23-22-7-5-16-12-19(29-4)6-8-20(16)21(22)9-10-25(23,2)24(17)28/h6,8,11-12,14,21-23H,5,7,9-10,13H2,1-4H3. The molecular formula is C25H30N2O2. The van der Waals surface area contributed by atoms with E-state index in [-0.39, 0.29) is 5.41 Å². The summed E-state index contributed by atoms with van der Waals surface area (Å²) in [7, 11) is 3.69. The first-order valence-electron chi connectivity index (χ1n) is 10.8. The van der Waals surface area contributed by atoms with Gasteiger partial charge in [0.15, 0.2) is 5.78 Å². The van der Waals surface area contributed by atoms with E-state index < -0.39 is 0 Å². The first-order valence-corrected chi connectivity index (χ1v) is 10.8. The second-order valence-corrected chi connectivity index (χ2v) is 9.45. The number of hydrogen-bond acceptors (Lipinski definition) is 3. The number of nitrogens with zero attached hydrogens (tertiary/aromatic N) is 2. The van der Waals surface area contributed by atoms with Crippen LogP contribution in [0.2, 0.25) is 0 Å². The van der Waals surface area contributed by atoms with Gasteiger partial charge >= 0.3 is 0 Å². The van der Waals surface area contributed by atoms with Gasteiger partial charge in [0.25, 0.3) is 0 Å². The Labute approximate surface area is 173 Å². The Morgan fingerprint density at radius 2 is 2.14 bits per heavy atom. The van der Waals surface area contributed by atoms with Crippen LogP contribution in [-0.2, 0) is 18.3 Å². The van der Waals surface area contributed by atoms with Gasteiger partial charge < -0.3 is 4.74 Å². The van der Waals surface area contributed by atoms with Crippen LogP contribution >= 0.6 is 0 Å². The molecule has 0 bridgehead atoms. The Kier molecular flexibility index (Phi) is 4.23. The van der Waals surface area contributed by atoms with Gasteiger partial charge in [0.05, 0.1) is 13.3 Å². The van der Waals surface area contributed by atoms with Gasteiger partial charge in [0.2, 0.25) is 0 Å². The first kappa shape index (κ1) is 18.7. The lowest BCUT2D eigenvalue weighted by atomic mass is 9.55. The van der Waals surface area contributed by atoms with Crippen LogP contribution in [0.4, 0.5) is 0 Å². The van der Waals surface area contributed by atoms with Crippen LogP contribution in [-0.4, -0.2) is 22.7 Å². The van der Waals surface area contributed by atoms with Crippen molar-refractivity contribution in [2.45, 2.75) is 51.9 Å².